The summed E-state index contributed by atoms with van der Waals surface area (Å²) < 4.78 is 0. The summed E-state index contributed by atoms with van der Waals surface area (Å²) in [4.78, 5) is 16.8. The Morgan fingerprint density at radius 2 is 1.75 bits per heavy atom. The van der Waals surface area contributed by atoms with Crippen molar-refractivity contribution < 1.29 is 4.79 Å². The zero-order valence-electron chi connectivity index (χ0n) is 17.0. The third kappa shape index (κ3) is 4.18. The van der Waals surface area contributed by atoms with Crippen molar-refractivity contribution in [1.29, 1.82) is 0 Å². The van der Waals surface area contributed by atoms with E-state index >= 15 is 0 Å². The van der Waals surface area contributed by atoms with E-state index < -0.39 is 0 Å². The smallest absolute Gasteiger partial charge is 0.222 e. The third-order valence-electron chi connectivity index (χ3n) is 6.20. The van der Waals surface area contributed by atoms with Crippen molar-refractivity contribution in [3.8, 4) is 11.3 Å². The van der Waals surface area contributed by atoms with E-state index in [0.29, 0.717) is 11.8 Å². The summed E-state index contributed by atoms with van der Waals surface area (Å²) in [6.45, 7) is 7.43. The molecule has 1 aromatic carbocycles. The van der Waals surface area contributed by atoms with Gasteiger partial charge in [0.25, 0.3) is 0 Å². The monoisotopic (exact) mass is 378 g/mol. The molecule has 1 aliphatic heterocycles. The zero-order valence-corrected chi connectivity index (χ0v) is 17.0. The maximum absolute atomic E-state index is 12.5. The first kappa shape index (κ1) is 18.9. The molecule has 2 aromatic rings. The first-order chi connectivity index (χ1) is 13.6. The highest BCUT2D eigenvalue weighted by molar-refractivity contribution is 5.76. The van der Waals surface area contributed by atoms with Crippen LogP contribution in [-0.4, -0.2) is 47.2 Å². The molecule has 0 N–H and O–H groups in total. The van der Waals surface area contributed by atoms with E-state index in [-0.39, 0.29) is 0 Å². The van der Waals surface area contributed by atoms with Gasteiger partial charge in [-0.05, 0) is 50.3 Å². The van der Waals surface area contributed by atoms with Crippen LogP contribution in [0.15, 0.2) is 30.3 Å². The van der Waals surface area contributed by atoms with Gasteiger partial charge in [-0.15, -0.1) is 10.2 Å². The summed E-state index contributed by atoms with van der Waals surface area (Å²) in [5, 5.41) is 8.93. The molecule has 0 unspecified atom stereocenters. The minimum absolute atomic E-state index is 0.336. The Hall–Kier alpha value is -2.43. The van der Waals surface area contributed by atoms with E-state index in [9.17, 15) is 4.79 Å². The molecule has 28 heavy (non-hydrogen) atoms. The molecule has 2 aliphatic rings. The Labute approximate surface area is 167 Å². The maximum atomic E-state index is 12.5. The lowest BCUT2D eigenvalue weighted by Crippen LogP contribution is -2.49. The minimum atomic E-state index is 0.336. The Bertz CT molecular complexity index is 819. The number of aromatic nitrogens is 2. The Kier molecular flexibility index (Phi) is 5.60. The van der Waals surface area contributed by atoms with Gasteiger partial charge in [0.1, 0.15) is 0 Å². The van der Waals surface area contributed by atoms with Gasteiger partial charge in [-0.1, -0.05) is 36.6 Å². The molecular formula is C23H30N4O. The lowest BCUT2D eigenvalue weighted by atomic mass is 10.0. The number of piperazine rings is 1. The second kappa shape index (κ2) is 8.29. The summed E-state index contributed by atoms with van der Waals surface area (Å²) in [5.41, 5.74) is 4.52. The Balaban J connectivity index is 1.35. The molecule has 1 aromatic heterocycles. The number of amides is 1. The van der Waals surface area contributed by atoms with Gasteiger partial charge in [-0.25, -0.2) is 0 Å². The van der Waals surface area contributed by atoms with E-state index in [1.165, 1.54) is 36.8 Å². The second-order valence-electron chi connectivity index (χ2n) is 8.32. The van der Waals surface area contributed by atoms with Gasteiger partial charge in [0.05, 0.1) is 5.69 Å². The van der Waals surface area contributed by atoms with Crippen molar-refractivity contribution in [1.82, 2.24) is 15.1 Å². The van der Waals surface area contributed by atoms with Crippen molar-refractivity contribution in [3.05, 3.63) is 41.5 Å². The van der Waals surface area contributed by atoms with E-state index in [2.05, 4.69) is 59.3 Å². The van der Waals surface area contributed by atoms with Crippen LogP contribution in [0.25, 0.3) is 11.3 Å². The zero-order chi connectivity index (χ0) is 19.5. The van der Waals surface area contributed by atoms with Crippen molar-refractivity contribution in [2.24, 2.45) is 5.92 Å². The SMILES string of the molecule is Cc1ccc(-c2ccc(N3CCN(C(=O)CC4CCCC4)CC3)nn2)c(C)c1. The fourth-order valence-electron chi connectivity index (χ4n) is 4.51. The summed E-state index contributed by atoms with van der Waals surface area (Å²) in [7, 11) is 0. The van der Waals surface area contributed by atoms with Crippen LogP contribution in [0.2, 0.25) is 0 Å². The fraction of sp³-hybridized carbons (Fsp3) is 0.522. The molecule has 1 amide bonds. The van der Waals surface area contributed by atoms with E-state index in [4.69, 9.17) is 0 Å². The lowest BCUT2D eigenvalue weighted by molar-refractivity contribution is -0.132. The largest absolute Gasteiger partial charge is 0.352 e. The van der Waals surface area contributed by atoms with Gasteiger partial charge in [0.15, 0.2) is 5.82 Å². The number of anilines is 1. The second-order valence-corrected chi connectivity index (χ2v) is 8.32. The molecule has 1 saturated heterocycles. The summed E-state index contributed by atoms with van der Waals surface area (Å²) in [5.74, 6) is 1.86. The van der Waals surface area contributed by atoms with Gasteiger partial charge in [-0.2, -0.15) is 0 Å². The third-order valence-corrected chi connectivity index (χ3v) is 6.20. The number of carbonyl (C=O) groups is 1. The highest BCUT2D eigenvalue weighted by atomic mass is 16.2. The van der Waals surface area contributed by atoms with Crippen molar-refractivity contribution in [2.75, 3.05) is 31.1 Å². The molecule has 4 rings (SSSR count). The van der Waals surface area contributed by atoms with E-state index in [1.54, 1.807) is 0 Å². The minimum Gasteiger partial charge on any atom is -0.352 e. The van der Waals surface area contributed by atoms with E-state index in [0.717, 1.165) is 49.7 Å². The average Bonchev–Trinajstić information content (AvgIpc) is 3.21. The van der Waals surface area contributed by atoms with Gasteiger partial charge in [0, 0.05) is 38.2 Å². The Morgan fingerprint density at radius 1 is 1.00 bits per heavy atom. The standard InChI is InChI=1S/C23H30N4O/c1-17-7-8-20(18(2)15-17)21-9-10-22(25-24-21)26-11-13-27(14-12-26)23(28)16-19-5-3-4-6-19/h7-10,15,19H,3-6,11-14,16H2,1-2H3. The van der Waals surface area contributed by atoms with Crippen LogP contribution in [0.5, 0.6) is 0 Å². The molecule has 0 radical (unpaired) electrons. The van der Waals surface area contributed by atoms with Crippen LogP contribution in [0.1, 0.15) is 43.2 Å². The molecule has 1 aliphatic carbocycles. The molecule has 2 heterocycles. The van der Waals surface area contributed by atoms with Gasteiger partial charge < -0.3 is 9.80 Å². The average molecular weight is 379 g/mol. The lowest BCUT2D eigenvalue weighted by Gasteiger charge is -2.35. The summed E-state index contributed by atoms with van der Waals surface area (Å²) in [6.07, 6.45) is 5.79. The van der Waals surface area contributed by atoms with Crippen molar-refractivity contribution in [3.63, 3.8) is 0 Å². The number of rotatable bonds is 4. The van der Waals surface area contributed by atoms with Crippen LogP contribution in [0, 0.1) is 19.8 Å². The molecule has 1 saturated carbocycles. The molecule has 5 nitrogen and oxygen atoms in total. The van der Waals surface area contributed by atoms with Gasteiger partial charge >= 0.3 is 0 Å². The highest BCUT2D eigenvalue weighted by Crippen LogP contribution is 2.28. The number of hydrogen-bond acceptors (Lipinski definition) is 4. The van der Waals surface area contributed by atoms with Crippen LogP contribution in [-0.2, 0) is 4.79 Å². The highest BCUT2D eigenvalue weighted by Gasteiger charge is 2.25. The van der Waals surface area contributed by atoms with Crippen LogP contribution < -0.4 is 4.90 Å². The molecule has 0 atom stereocenters. The van der Waals surface area contributed by atoms with Gasteiger partial charge in [0.2, 0.25) is 5.91 Å². The number of benzene rings is 1. The summed E-state index contributed by atoms with van der Waals surface area (Å²) >= 11 is 0. The molecule has 0 spiro atoms. The normalized spacial score (nSPS) is 17.9. The van der Waals surface area contributed by atoms with Crippen molar-refractivity contribution >= 4 is 11.7 Å². The molecule has 148 valence electrons. The predicted octanol–water partition coefficient (Wildman–Crippen LogP) is 3.99. The molecule has 0 bridgehead atoms. The van der Waals surface area contributed by atoms with Crippen LogP contribution in [0.3, 0.4) is 0 Å². The number of carbonyl (C=O) groups excluding carboxylic acids is 1. The van der Waals surface area contributed by atoms with Gasteiger partial charge in [-0.3, -0.25) is 4.79 Å². The number of aryl methyl sites for hydroxylation is 2. The first-order valence-corrected chi connectivity index (χ1v) is 10.5. The van der Waals surface area contributed by atoms with Crippen molar-refractivity contribution in [2.45, 2.75) is 46.0 Å². The predicted molar refractivity (Wildman–Crippen MR) is 112 cm³/mol. The molecular weight excluding hydrogens is 348 g/mol. The maximum Gasteiger partial charge on any atom is 0.222 e. The van der Waals surface area contributed by atoms with Crippen LogP contribution in [0.4, 0.5) is 5.82 Å². The number of hydrogen-bond donors (Lipinski definition) is 0. The molecule has 2 fully saturated rings. The molecule has 5 heteroatoms. The van der Waals surface area contributed by atoms with Crippen LogP contribution >= 0.6 is 0 Å². The fourth-order valence-corrected chi connectivity index (χ4v) is 4.51. The van der Waals surface area contributed by atoms with E-state index in [1.807, 2.05) is 4.90 Å². The summed E-state index contributed by atoms with van der Waals surface area (Å²) in [6, 6.07) is 10.5. The quantitative estimate of drug-likeness (QED) is 0.807. The first-order valence-electron chi connectivity index (χ1n) is 10.5. The number of nitrogens with zero attached hydrogens (tertiary/aromatic N) is 4. The Morgan fingerprint density at radius 3 is 2.39 bits per heavy atom. The topological polar surface area (TPSA) is 49.3 Å².